The smallest absolute Gasteiger partial charge is 0.258 e. The van der Waals surface area contributed by atoms with Gasteiger partial charge < -0.3 is 14.2 Å². The lowest BCUT2D eigenvalue weighted by atomic mass is 10.0. The molecule has 0 unspecified atom stereocenters. The predicted molar refractivity (Wildman–Crippen MR) is 130 cm³/mol. The lowest BCUT2D eigenvalue weighted by Gasteiger charge is -2.29. The molecular formula is C24H23N3O3S2. The first-order valence-corrected chi connectivity index (χ1v) is 12.2. The molecule has 3 aromatic rings. The molecular weight excluding hydrogens is 442 g/mol. The van der Waals surface area contributed by atoms with Crippen molar-refractivity contribution < 1.29 is 14.3 Å². The lowest BCUT2D eigenvalue weighted by molar-refractivity contribution is -0.116. The van der Waals surface area contributed by atoms with Crippen molar-refractivity contribution >= 4 is 50.8 Å². The number of rotatable bonds is 6. The molecule has 2 heterocycles. The van der Waals surface area contributed by atoms with Crippen molar-refractivity contribution in [1.29, 1.82) is 0 Å². The summed E-state index contributed by atoms with van der Waals surface area (Å²) in [7, 11) is 1.61. The van der Waals surface area contributed by atoms with E-state index in [0.29, 0.717) is 17.9 Å². The summed E-state index contributed by atoms with van der Waals surface area (Å²) in [6.07, 6.45) is 7.46. The van der Waals surface area contributed by atoms with Crippen LogP contribution in [0, 0.1) is 12.3 Å². The molecule has 0 fully saturated rings. The molecule has 32 heavy (non-hydrogen) atoms. The van der Waals surface area contributed by atoms with Gasteiger partial charge in [-0.2, -0.15) is 4.99 Å². The Balaban J connectivity index is 1.44. The zero-order chi connectivity index (χ0) is 22.5. The second-order valence-electron chi connectivity index (χ2n) is 7.28. The van der Waals surface area contributed by atoms with Crippen LogP contribution >= 0.6 is 23.1 Å². The monoisotopic (exact) mass is 465 g/mol. The number of thioether (sulfide) groups is 1. The summed E-state index contributed by atoms with van der Waals surface area (Å²) in [4.78, 5) is 31.9. The van der Waals surface area contributed by atoms with Crippen molar-refractivity contribution in [3.05, 3.63) is 52.8 Å². The maximum atomic E-state index is 12.7. The fourth-order valence-electron chi connectivity index (χ4n) is 3.75. The minimum Gasteiger partial charge on any atom is -0.497 e. The molecule has 1 aromatic heterocycles. The van der Waals surface area contributed by atoms with Crippen molar-refractivity contribution in [3.63, 3.8) is 0 Å². The van der Waals surface area contributed by atoms with E-state index in [1.54, 1.807) is 7.11 Å². The topological polar surface area (TPSA) is 63.9 Å². The van der Waals surface area contributed by atoms with E-state index in [1.807, 2.05) is 45.9 Å². The average Bonchev–Trinajstić information content (AvgIpc) is 3.14. The largest absolute Gasteiger partial charge is 0.497 e. The molecule has 0 radical (unpaired) electrons. The van der Waals surface area contributed by atoms with Crippen LogP contribution in [-0.4, -0.2) is 41.5 Å². The van der Waals surface area contributed by atoms with E-state index in [9.17, 15) is 9.59 Å². The Labute approximate surface area is 194 Å². The SMILES string of the molecule is C#CCn1c(=NC(=O)CSCC(=O)N2CCCc3ccccc32)sc2cc(OC)ccc21. The van der Waals surface area contributed by atoms with Crippen LogP contribution in [0.5, 0.6) is 5.75 Å². The number of anilines is 1. The summed E-state index contributed by atoms with van der Waals surface area (Å²) in [5.41, 5.74) is 3.09. The number of terminal acetylenes is 1. The van der Waals surface area contributed by atoms with Crippen molar-refractivity contribution in [2.24, 2.45) is 4.99 Å². The molecule has 0 N–H and O–H groups in total. The van der Waals surface area contributed by atoms with Crippen molar-refractivity contribution in [2.45, 2.75) is 19.4 Å². The fraction of sp³-hybridized carbons (Fsp3) is 0.292. The number of fused-ring (bicyclic) bond motifs is 2. The quantitative estimate of drug-likeness (QED) is 0.523. The van der Waals surface area contributed by atoms with Gasteiger partial charge in [-0.15, -0.1) is 18.2 Å². The van der Waals surface area contributed by atoms with E-state index < -0.39 is 0 Å². The molecule has 1 aliphatic heterocycles. The molecule has 0 saturated heterocycles. The van der Waals surface area contributed by atoms with Crippen LogP contribution in [0.4, 0.5) is 5.69 Å². The average molecular weight is 466 g/mol. The number of nitrogens with zero attached hydrogens (tertiary/aromatic N) is 3. The van der Waals surface area contributed by atoms with Gasteiger partial charge in [-0.25, -0.2) is 0 Å². The predicted octanol–water partition coefficient (Wildman–Crippen LogP) is 3.48. The summed E-state index contributed by atoms with van der Waals surface area (Å²) < 4.78 is 8.07. The maximum Gasteiger partial charge on any atom is 0.258 e. The highest BCUT2D eigenvalue weighted by molar-refractivity contribution is 8.00. The second kappa shape index (κ2) is 10.1. The first-order valence-electron chi connectivity index (χ1n) is 10.2. The number of hydrogen-bond donors (Lipinski definition) is 0. The highest BCUT2D eigenvalue weighted by Gasteiger charge is 2.22. The van der Waals surface area contributed by atoms with E-state index in [1.165, 1.54) is 28.7 Å². The van der Waals surface area contributed by atoms with Crippen LogP contribution in [0.15, 0.2) is 47.5 Å². The van der Waals surface area contributed by atoms with Gasteiger partial charge in [0.1, 0.15) is 5.75 Å². The summed E-state index contributed by atoms with van der Waals surface area (Å²) in [6, 6.07) is 13.7. The number of hydrogen-bond acceptors (Lipinski definition) is 5. The number of benzene rings is 2. The van der Waals surface area contributed by atoms with Crippen LogP contribution < -0.4 is 14.4 Å². The van der Waals surface area contributed by atoms with E-state index in [0.717, 1.165) is 34.5 Å². The third-order valence-corrected chi connectivity index (χ3v) is 7.17. The van der Waals surface area contributed by atoms with Gasteiger partial charge in [-0.1, -0.05) is 35.5 Å². The third-order valence-electron chi connectivity index (χ3n) is 5.22. The molecule has 0 spiro atoms. The highest BCUT2D eigenvalue weighted by Crippen LogP contribution is 2.27. The molecule has 0 atom stereocenters. The third kappa shape index (κ3) is 4.74. The number of para-hydroxylation sites is 1. The number of methoxy groups -OCH3 is 1. The Bertz CT molecular complexity index is 1270. The van der Waals surface area contributed by atoms with Gasteiger partial charge in [0, 0.05) is 12.2 Å². The molecule has 4 rings (SSSR count). The van der Waals surface area contributed by atoms with Gasteiger partial charge >= 0.3 is 0 Å². The van der Waals surface area contributed by atoms with E-state index in [-0.39, 0.29) is 23.3 Å². The maximum absolute atomic E-state index is 12.7. The minimum atomic E-state index is -0.286. The molecule has 2 aromatic carbocycles. The first-order chi connectivity index (χ1) is 15.6. The van der Waals surface area contributed by atoms with Crippen molar-refractivity contribution in [1.82, 2.24) is 4.57 Å². The van der Waals surface area contributed by atoms with E-state index in [2.05, 4.69) is 17.0 Å². The normalized spacial score (nSPS) is 13.6. The highest BCUT2D eigenvalue weighted by atomic mass is 32.2. The van der Waals surface area contributed by atoms with Crippen molar-refractivity contribution in [3.8, 4) is 18.1 Å². The van der Waals surface area contributed by atoms with Crippen LogP contribution in [0.3, 0.4) is 0 Å². The van der Waals surface area contributed by atoms with Crippen LogP contribution in [0.25, 0.3) is 10.2 Å². The molecule has 1 aliphatic rings. The Morgan fingerprint density at radius 3 is 2.91 bits per heavy atom. The van der Waals surface area contributed by atoms with Gasteiger partial charge in [0.15, 0.2) is 4.80 Å². The number of ether oxygens (including phenoxy) is 1. The summed E-state index contributed by atoms with van der Waals surface area (Å²) in [6.45, 7) is 1.03. The number of aryl methyl sites for hydroxylation is 1. The number of aromatic nitrogens is 1. The number of amides is 2. The number of carbonyl (C=O) groups is 2. The molecule has 8 heteroatoms. The van der Waals surface area contributed by atoms with Crippen LogP contribution in [0.1, 0.15) is 12.0 Å². The number of thiazole rings is 1. The lowest BCUT2D eigenvalue weighted by Crippen LogP contribution is -2.36. The van der Waals surface area contributed by atoms with Gasteiger partial charge in [-0.3, -0.25) is 9.59 Å². The summed E-state index contributed by atoms with van der Waals surface area (Å²) in [5, 5.41) is 0. The van der Waals surface area contributed by atoms with Crippen LogP contribution in [-0.2, 0) is 22.6 Å². The second-order valence-corrected chi connectivity index (χ2v) is 9.28. The Morgan fingerprint density at radius 2 is 2.09 bits per heavy atom. The molecule has 2 amide bonds. The minimum absolute atomic E-state index is 0.0197. The molecule has 0 bridgehead atoms. The van der Waals surface area contributed by atoms with Gasteiger partial charge in [0.25, 0.3) is 5.91 Å². The summed E-state index contributed by atoms with van der Waals surface area (Å²) in [5.74, 6) is 3.46. The zero-order valence-corrected chi connectivity index (χ0v) is 19.4. The van der Waals surface area contributed by atoms with E-state index >= 15 is 0 Å². The van der Waals surface area contributed by atoms with Gasteiger partial charge in [-0.05, 0) is 42.7 Å². The van der Waals surface area contributed by atoms with Gasteiger partial charge in [0.05, 0.1) is 35.4 Å². The molecule has 6 nitrogen and oxygen atoms in total. The van der Waals surface area contributed by atoms with E-state index in [4.69, 9.17) is 11.2 Å². The fourth-order valence-corrected chi connectivity index (χ4v) is 5.49. The van der Waals surface area contributed by atoms with Gasteiger partial charge in [0.2, 0.25) is 5.91 Å². The Kier molecular flexibility index (Phi) is 6.98. The Hall–Kier alpha value is -3.02. The standard InChI is InChI=1S/C24H23N3O3S2/c1-3-12-27-20-11-10-18(30-2)14-21(20)32-24(27)25-22(28)15-31-16-23(29)26-13-6-8-17-7-4-5-9-19(17)26/h1,4-5,7,9-11,14H,6,8,12-13,15-16H2,2H3. The Morgan fingerprint density at radius 1 is 1.25 bits per heavy atom. The van der Waals surface area contributed by atoms with Crippen molar-refractivity contribution in [2.75, 3.05) is 30.1 Å². The molecule has 164 valence electrons. The molecule has 0 aliphatic carbocycles. The summed E-state index contributed by atoms with van der Waals surface area (Å²) >= 11 is 2.68. The van der Waals surface area contributed by atoms with Crippen LogP contribution in [0.2, 0.25) is 0 Å². The zero-order valence-electron chi connectivity index (χ0n) is 17.7. The number of carbonyl (C=O) groups excluding carboxylic acids is 2. The first kappa shape index (κ1) is 22.2. The molecule has 0 saturated carbocycles.